The van der Waals surface area contributed by atoms with E-state index in [0.717, 1.165) is 22.7 Å². The Balaban J connectivity index is 1.35. The Morgan fingerprint density at radius 1 is 1.21 bits per heavy atom. The van der Waals surface area contributed by atoms with Gasteiger partial charge in [-0.25, -0.2) is 4.79 Å². The Kier molecular flexibility index (Phi) is 6.86. The van der Waals surface area contributed by atoms with Gasteiger partial charge in [0.2, 0.25) is 0 Å². The first kappa shape index (κ1) is 26.1. The number of benzene rings is 2. The highest BCUT2D eigenvalue weighted by Gasteiger charge is 2.39. The molecule has 0 unspecified atom stereocenters. The van der Waals surface area contributed by atoms with Crippen LogP contribution < -0.4 is 0 Å². The lowest BCUT2D eigenvalue weighted by Gasteiger charge is -2.24. The van der Waals surface area contributed by atoms with Gasteiger partial charge in [0.15, 0.2) is 0 Å². The van der Waals surface area contributed by atoms with Crippen LogP contribution in [0.15, 0.2) is 47.5 Å². The summed E-state index contributed by atoms with van der Waals surface area (Å²) in [6, 6.07) is 8.28. The second kappa shape index (κ2) is 9.99. The van der Waals surface area contributed by atoms with Crippen LogP contribution in [0.5, 0.6) is 0 Å². The van der Waals surface area contributed by atoms with Crippen molar-refractivity contribution in [1.82, 2.24) is 19.6 Å². The maximum Gasteiger partial charge on any atom is 0.416 e. The molecule has 0 radical (unpaired) electrons. The van der Waals surface area contributed by atoms with Gasteiger partial charge in [0, 0.05) is 17.0 Å². The van der Waals surface area contributed by atoms with Gasteiger partial charge in [-0.15, -0.1) is 0 Å². The molecule has 3 heterocycles. The topological polar surface area (TPSA) is 95.7 Å². The predicted molar refractivity (Wildman–Crippen MR) is 136 cm³/mol. The molecule has 1 aromatic heterocycles. The van der Waals surface area contributed by atoms with E-state index in [2.05, 4.69) is 5.10 Å². The average Bonchev–Trinajstić information content (AvgIpc) is 3.54. The number of nitrogens with zero attached hydrogens (tertiary/aromatic N) is 4. The molecule has 198 valence electrons. The fraction of sp³-hybridized carbons (Fsp3) is 0.280. The van der Waals surface area contributed by atoms with E-state index in [1.165, 1.54) is 27.9 Å². The fourth-order valence-electron chi connectivity index (χ4n) is 4.73. The van der Waals surface area contributed by atoms with Crippen LogP contribution in [0, 0.1) is 0 Å². The molecule has 38 heavy (non-hydrogen) atoms. The number of amides is 3. The first-order chi connectivity index (χ1) is 18.0. The molecule has 3 aromatic rings. The van der Waals surface area contributed by atoms with Gasteiger partial charge in [-0.05, 0) is 66.1 Å². The molecule has 5 rings (SSSR count). The summed E-state index contributed by atoms with van der Waals surface area (Å²) in [6.07, 6.45) is -1.31. The van der Waals surface area contributed by atoms with E-state index in [4.69, 9.17) is 11.6 Å². The molecular weight excluding hydrogens is 545 g/mol. The molecule has 8 nitrogen and oxygen atoms in total. The number of carbonyl (C=O) groups is 3. The summed E-state index contributed by atoms with van der Waals surface area (Å²) in [6.45, 7) is 0.252. The highest BCUT2D eigenvalue weighted by molar-refractivity contribution is 8.18. The number of carbonyl (C=O) groups excluding carboxylic acids is 2. The van der Waals surface area contributed by atoms with Crippen molar-refractivity contribution >= 4 is 57.6 Å². The van der Waals surface area contributed by atoms with Crippen molar-refractivity contribution in [2.75, 3.05) is 13.1 Å². The maximum absolute atomic E-state index is 13.5. The molecule has 3 amide bonds. The first-order valence-corrected chi connectivity index (χ1v) is 12.8. The van der Waals surface area contributed by atoms with E-state index in [1.807, 2.05) is 0 Å². The van der Waals surface area contributed by atoms with Crippen LogP contribution >= 0.6 is 23.4 Å². The molecule has 1 N–H and O–H groups in total. The largest absolute Gasteiger partial charge is 0.465 e. The van der Waals surface area contributed by atoms with Crippen LogP contribution in [0.1, 0.15) is 29.5 Å². The van der Waals surface area contributed by atoms with Crippen LogP contribution in [0.25, 0.3) is 17.0 Å². The second-order valence-electron chi connectivity index (χ2n) is 8.98. The molecule has 2 aliphatic rings. The molecule has 1 atom stereocenters. The van der Waals surface area contributed by atoms with Gasteiger partial charge in [0.1, 0.15) is 0 Å². The maximum atomic E-state index is 13.5. The van der Waals surface area contributed by atoms with Crippen LogP contribution in [0.3, 0.4) is 0 Å². The smallest absolute Gasteiger partial charge is 0.416 e. The Morgan fingerprint density at radius 2 is 2.00 bits per heavy atom. The monoisotopic (exact) mass is 564 g/mol. The predicted octanol–water partition coefficient (Wildman–Crippen LogP) is 5.94. The van der Waals surface area contributed by atoms with Crippen LogP contribution in [0.4, 0.5) is 22.8 Å². The molecule has 0 bridgehead atoms. The standard InChI is InChI=1S/C25H20ClF3N4O4S/c26-17-5-4-15(19(10-17)25(27,28)29)12-33-20-6-3-14(8-16(20)11-30-33)9-21-22(34)32(24(37)38-21)13-18-2-1-7-31(18)23(35)36/h3-6,8-11,18H,1-2,7,12-13H2,(H,35,36)/t18-/m1/s1. The number of fused-ring (bicyclic) bond motifs is 1. The Morgan fingerprint density at radius 3 is 2.74 bits per heavy atom. The molecule has 2 aromatic carbocycles. The zero-order valence-electron chi connectivity index (χ0n) is 19.6. The molecule has 13 heteroatoms. The number of hydrogen-bond donors (Lipinski definition) is 1. The first-order valence-electron chi connectivity index (χ1n) is 11.6. The summed E-state index contributed by atoms with van der Waals surface area (Å²) in [7, 11) is 0. The molecule has 0 saturated carbocycles. The Hall–Kier alpha value is -3.51. The van der Waals surface area contributed by atoms with Gasteiger partial charge >= 0.3 is 12.3 Å². The summed E-state index contributed by atoms with van der Waals surface area (Å²) in [5, 5.41) is 13.7. The summed E-state index contributed by atoms with van der Waals surface area (Å²) in [5.74, 6) is -0.490. The van der Waals surface area contributed by atoms with Crippen molar-refractivity contribution in [3.05, 3.63) is 69.2 Å². The summed E-state index contributed by atoms with van der Waals surface area (Å²) in [4.78, 5) is 39.4. The number of hydrogen-bond acceptors (Lipinski definition) is 5. The van der Waals surface area contributed by atoms with Gasteiger partial charge in [0.05, 0.1) is 41.3 Å². The van der Waals surface area contributed by atoms with E-state index in [9.17, 15) is 32.7 Å². The summed E-state index contributed by atoms with van der Waals surface area (Å²) >= 11 is 6.55. The SMILES string of the molecule is O=C1SC(=Cc2ccc3c(cnn3Cc3ccc(Cl)cc3C(F)(F)F)c2)C(=O)N1C[C@H]1CCCN1C(=O)O. The molecule has 0 aliphatic carbocycles. The zero-order valence-corrected chi connectivity index (χ0v) is 21.2. The number of halogens is 4. The van der Waals surface area contributed by atoms with Gasteiger partial charge in [-0.3, -0.25) is 19.2 Å². The lowest BCUT2D eigenvalue weighted by Crippen LogP contribution is -2.44. The van der Waals surface area contributed by atoms with Crippen LogP contribution in [-0.2, 0) is 17.5 Å². The molecular formula is C25H20ClF3N4O4S. The van der Waals surface area contributed by atoms with E-state index in [-0.39, 0.29) is 28.6 Å². The summed E-state index contributed by atoms with van der Waals surface area (Å²) in [5.41, 5.74) is 0.393. The third-order valence-electron chi connectivity index (χ3n) is 6.55. The van der Waals surface area contributed by atoms with Crippen LogP contribution in [0.2, 0.25) is 5.02 Å². The fourth-order valence-corrected chi connectivity index (χ4v) is 5.75. The minimum absolute atomic E-state index is 0.00469. The van der Waals surface area contributed by atoms with Crippen molar-refractivity contribution in [2.45, 2.75) is 31.6 Å². The minimum atomic E-state index is -4.57. The van der Waals surface area contributed by atoms with Gasteiger partial charge in [-0.2, -0.15) is 18.3 Å². The quantitative estimate of drug-likeness (QED) is 0.386. The highest BCUT2D eigenvalue weighted by atomic mass is 35.5. The highest BCUT2D eigenvalue weighted by Crippen LogP contribution is 2.36. The van der Waals surface area contributed by atoms with Crippen molar-refractivity contribution in [3.63, 3.8) is 0 Å². The normalized spacial score (nSPS) is 19.4. The number of imide groups is 1. The van der Waals surface area contributed by atoms with Crippen molar-refractivity contribution < 1.29 is 32.7 Å². The number of aromatic nitrogens is 2. The third kappa shape index (κ3) is 5.10. The number of thioether (sulfide) groups is 1. The van der Waals surface area contributed by atoms with E-state index < -0.39 is 35.0 Å². The van der Waals surface area contributed by atoms with Gasteiger partial charge < -0.3 is 10.0 Å². The van der Waals surface area contributed by atoms with Crippen molar-refractivity contribution in [3.8, 4) is 0 Å². The number of likely N-dealkylation sites (tertiary alicyclic amines) is 1. The van der Waals surface area contributed by atoms with Crippen LogP contribution in [-0.4, -0.2) is 61.1 Å². The molecule has 2 aliphatic heterocycles. The average molecular weight is 565 g/mol. The van der Waals surface area contributed by atoms with Gasteiger partial charge in [0.25, 0.3) is 11.1 Å². The Bertz CT molecular complexity index is 1490. The van der Waals surface area contributed by atoms with E-state index in [0.29, 0.717) is 35.9 Å². The van der Waals surface area contributed by atoms with E-state index in [1.54, 1.807) is 24.3 Å². The minimum Gasteiger partial charge on any atom is -0.465 e. The molecule has 2 fully saturated rings. The van der Waals surface area contributed by atoms with Crippen molar-refractivity contribution in [2.24, 2.45) is 0 Å². The molecule has 0 spiro atoms. The number of carboxylic acid groups (broad SMARTS) is 1. The Labute approximate surface area is 223 Å². The zero-order chi connectivity index (χ0) is 27.2. The lowest BCUT2D eigenvalue weighted by molar-refractivity contribution is -0.138. The molecule has 2 saturated heterocycles. The lowest BCUT2D eigenvalue weighted by atomic mass is 10.1. The third-order valence-corrected chi connectivity index (χ3v) is 7.69. The second-order valence-corrected chi connectivity index (χ2v) is 10.4. The van der Waals surface area contributed by atoms with E-state index >= 15 is 0 Å². The van der Waals surface area contributed by atoms with Gasteiger partial charge in [-0.1, -0.05) is 23.7 Å². The van der Waals surface area contributed by atoms with Crippen molar-refractivity contribution in [1.29, 1.82) is 0 Å². The number of rotatable bonds is 5. The summed E-state index contributed by atoms with van der Waals surface area (Å²) < 4.78 is 41.9. The number of alkyl halides is 3.